The fraction of sp³-hybridized carbons (Fsp3) is 0.438. The summed E-state index contributed by atoms with van der Waals surface area (Å²) < 4.78 is 7.60. The van der Waals surface area contributed by atoms with Gasteiger partial charge in [0.05, 0.1) is 15.7 Å². The summed E-state index contributed by atoms with van der Waals surface area (Å²) in [5, 5.41) is 14.7. The standard InChI is InChI=1S/C16H20Cl2N2O2/c1-4-5-6-7-11-10(2)19-20(3)16(11)22-15-9-14(21)12(17)8-13(15)18/h8-9,21H,4-7H2,1-3H3. The summed E-state index contributed by atoms with van der Waals surface area (Å²) >= 11 is 12.0. The molecule has 0 atom stereocenters. The van der Waals surface area contributed by atoms with Gasteiger partial charge in [-0.1, -0.05) is 43.0 Å². The van der Waals surface area contributed by atoms with Crippen LogP contribution in [0, 0.1) is 6.92 Å². The third-order valence-corrected chi connectivity index (χ3v) is 4.13. The first kappa shape index (κ1) is 17.0. The molecule has 0 aliphatic rings. The molecule has 2 aromatic rings. The Hall–Kier alpha value is -1.39. The van der Waals surface area contributed by atoms with E-state index in [1.54, 1.807) is 4.68 Å². The number of aromatic hydroxyl groups is 1. The van der Waals surface area contributed by atoms with Crippen LogP contribution in [0.2, 0.25) is 10.0 Å². The smallest absolute Gasteiger partial charge is 0.221 e. The Balaban J connectivity index is 2.31. The van der Waals surface area contributed by atoms with Gasteiger partial charge in [-0.25, -0.2) is 4.68 Å². The number of ether oxygens (including phenoxy) is 1. The minimum atomic E-state index is -0.0625. The number of phenolic OH excluding ortho intramolecular Hbond substituents is 1. The van der Waals surface area contributed by atoms with E-state index in [2.05, 4.69) is 12.0 Å². The van der Waals surface area contributed by atoms with Gasteiger partial charge in [-0.2, -0.15) is 5.10 Å². The lowest BCUT2D eigenvalue weighted by Gasteiger charge is -2.11. The Bertz CT molecular complexity index is 669. The third kappa shape index (κ3) is 3.68. The maximum absolute atomic E-state index is 9.73. The van der Waals surface area contributed by atoms with Crippen molar-refractivity contribution >= 4 is 23.2 Å². The highest BCUT2D eigenvalue weighted by Crippen LogP contribution is 2.38. The van der Waals surface area contributed by atoms with Gasteiger partial charge in [-0.05, 0) is 25.8 Å². The number of unbranched alkanes of at least 4 members (excludes halogenated alkanes) is 2. The van der Waals surface area contributed by atoms with Crippen LogP contribution in [0.4, 0.5) is 0 Å². The molecule has 0 fully saturated rings. The number of halogens is 2. The fourth-order valence-corrected chi connectivity index (χ4v) is 2.77. The van der Waals surface area contributed by atoms with Crippen molar-refractivity contribution in [2.24, 2.45) is 7.05 Å². The molecule has 2 rings (SSSR count). The molecule has 0 bridgehead atoms. The second-order valence-corrected chi connectivity index (χ2v) is 6.10. The van der Waals surface area contributed by atoms with Crippen molar-refractivity contribution in [3.8, 4) is 17.4 Å². The highest BCUT2D eigenvalue weighted by molar-refractivity contribution is 6.36. The van der Waals surface area contributed by atoms with E-state index in [0.717, 1.165) is 36.9 Å². The molecule has 1 N–H and O–H groups in total. The largest absolute Gasteiger partial charge is 0.506 e. The molecule has 1 aromatic heterocycles. The van der Waals surface area contributed by atoms with Crippen molar-refractivity contribution in [3.63, 3.8) is 0 Å². The first-order chi connectivity index (χ1) is 10.4. The highest BCUT2D eigenvalue weighted by atomic mass is 35.5. The van der Waals surface area contributed by atoms with E-state index in [1.165, 1.54) is 12.1 Å². The number of aromatic nitrogens is 2. The van der Waals surface area contributed by atoms with E-state index in [4.69, 9.17) is 27.9 Å². The zero-order valence-electron chi connectivity index (χ0n) is 13.0. The van der Waals surface area contributed by atoms with Crippen LogP contribution in [-0.2, 0) is 13.5 Å². The Kier molecular flexibility index (Phi) is 5.59. The molecule has 6 heteroatoms. The normalized spacial score (nSPS) is 11.0. The predicted octanol–water partition coefficient (Wildman–Crippen LogP) is 5.27. The molecule has 0 amide bonds. The molecule has 22 heavy (non-hydrogen) atoms. The quantitative estimate of drug-likeness (QED) is 0.727. The molecular formula is C16H20Cl2N2O2. The fourth-order valence-electron chi connectivity index (χ4n) is 2.35. The molecule has 0 saturated carbocycles. The van der Waals surface area contributed by atoms with Crippen molar-refractivity contribution < 1.29 is 9.84 Å². The lowest BCUT2D eigenvalue weighted by Crippen LogP contribution is -1.98. The van der Waals surface area contributed by atoms with Gasteiger partial charge in [0.25, 0.3) is 0 Å². The van der Waals surface area contributed by atoms with E-state index in [9.17, 15) is 5.11 Å². The van der Waals surface area contributed by atoms with E-state index >= 15 is 0 Å². The van der Waals surface area contributed by atoms with Crippen molar-refractivity contribution in [2.75, 3.05) is 0 Å². The molecule has 120 valence electrons. The summed E-state index contributed by atoms with van der Waals surface area (Å²) in [4.78, 5) is 0. The summed E-state index contributed by atoms with van der Waals surface area (Å²) in [6.07, 6.45) is 4.31. The summed E-state index contributed by atoms with van der Waals surface area (Å²) in [6.45, 7) is 4.14. The molecule has 0 aliphatic carbocycles. The average Bonchev–Trinajstić information content (AvgIpc) is 2.71. The molecule has 0 saturated heterocycles. The molecule has 4 nitrogen and oxygen atoms in total. The van der Waals surface area contributed by atoms with Crippen LogP contribution in [-0.4, -0.2) is 14.9 Å². The van der Waals surface area contributed by atoms with Gasteiger partial charge in [-0.15, -0.1) is 0 Å². The van der Waals surface area contributed by atoms with Gasteiger partial charge in [-0.3, -0.25) is 0 Å². The Morgan fingerprint density at radius 3 is 2.64 bits per heavy atom. The summed E-state index contributed by atoms with van der Waals surface area (Å²) in [6, 6.07) is 2.89. The highest BCUT2D eigenvalue weighted by Gasteiger charge is 2.17. The number of aryl methyl sites for hydroxylation is 2. The molecule has 0 radical (unpaired) electrons. The van der Waals surface area contributed by atoms with Gasteiger partial charge in [0, 0.05) is 18.7 Å². The maximum atomic E-state index is 9.73. The van der Waals surface area contributed by atoms with Crippen LogP contribution >= 0.6 is 23.2 Å². The lowest BCUT2D eigenvalue weighted by molar-refractivity contribution is 0.418. The molecular weight excluding hydrogens is 323 g/mol. The summed E-state index contributed by atoms with van der Waals surface area (Å²) in [5.74, 6) is 0.952. The first-order valence-electron chi connectivity index (χ1n) is 7.32. The zero-order chi connectivity index (χ0) is 16.3. The number of hydrogen-bond donors (Lipinski definition) is 1. The van der Waals surface area contributed by atoms with Crippen LogP contribution < -0.4 is 4.74 Å². The zero-order valence-corrected chi connectivity index (χ0v) is 14.5. The van der Waals surface area contributed by atoms with Crippen LogP contribution in [0.5, 0.6) is 17.4 Å². The van der Waals surface area contributed by atoms with Crippen LogP contribution in [0.15, 0.2) is 12.1 Å². The lowest BCUT2D eigenvalue weighted by atomic mass is 10.1. The predicted molar refractivity (Wildman–Crippen MR) is 89.4 cm³/mol. The first-order valence-corrected chi connectivity index (χ1v) is 8.08. The van der Waals surface area contributed by atoms with E-state index in [-0.39, 0.29) is 10.8 Å². The van der Waals surface area contributed by atoms with Gasteiger partial charge in [0.1, 0.15) is 5.75 Å². The molecule has 0 spiro atoms. The van der Waals surface area contributed by atoms with Crippen molar-refractivity contribution in [1.29, 1.82) is 0 Å². The van der Waals surface area contributed by atoms with Crippen LogP contribution in [0.25, 0.3) is 0 Å². The number of rotatable bonds is 6. The third-order valence-electron chi connectivity index (χ3n) is 3.53. The SMILES string of the molecule is CCCCCc1c(C)nn(C)c1Oc1cc(O)c(Cl)cc1Cl. The summed E-state index contributed by atoms with van der Waals surface area (Å²) in [7, 11) is 1.83. The molecule has 1 heterocycles. The number of nitrogens with zero attached hydrogens (tertiary/aromatic N) is 2. The van der Waals surface area contributed by atoms with Crippen LogP contribution in [0.3, 0.4) is 0 Å². The second kappa shape index (κ2) is 7.25. The van der Waals surface area contributed by atoms with Crippen molar-refractivity contribution in [1.82, 2.24) is 9.78 Å². The number of hydrogen-bond acceptors (Lipinski definition) is 3. The number of benzene rings is 1. The van der Waals surface area contributed by atoms with E-state index < -0.39 is 0 Å². The van der Waals surface area contributed by atoms with Crippen molar-refractivity contribution in [3.05, 3.63) is 33.4 Å². The topological polar surface area (TPSA) is 47.3 Å². The minimum absolute atomic E-state index is 0.0625. The molecule has 1 aromatic carbocycles. The minimum Gasteiger partial charge on any atom is -0.506 e. The Morgan fingerprint density at radius 1 is 1.23 bits per heavy atom. The average molecular weight is 343 g/mol. The van der Waals surface area contributed by atoms with E-state index in [0.29, 0.717) is 16.7 Å². The van der Waals surface area contributed by atoms with E-state index in [1.807, 2.05) is 14.0 Å². The summed E-state index contributed by atoms with van der Waals surface area (Å²) in [5.41, 5.74) is 2.02. The number of phenols is 1. The molecule has 0 unspecified atom stereocenters. The van der Waals surface area contributed by atoms with Gasteiger partial charge < -0.3 is 9.84 Å². The van der Waals surface area contributed by atoms with Gasteiger partial charge >= 0.3 is 0 Å². The monoisotopic (exact) mass is 342 g/mol. The van der Waals surface area contributed by atoms with Crippen LogP contribution in [0.1, 0.15) is 37.4 Å². The Labute approximate surface area is 140 Å². The van der Waals surface area contributed by atoms with Crippen molar-refractivity contribution in [2.45, 2.75) is 39.5 Å². The maximum Gasteiger partial charge on any atom is 0.221 e. The van der Waals surface area contributed by atoms with Gasteiger partial charge in [0.2, 0.25) is 5.88 Å². The molecule has 0 aliphatic heterocycles. The van der Waals surface area contributed by atoms with Gasteiger partial charge in [0.15, 0.2) is 5.75 Å². The Morgan fingerprint density at radius 2 is 1.95 bits per heavy atom. The second-order valence-electron chi connectivity index (χ2n) is 5.29.